The van der Waals surface area contributed by atoms with Gasteiger partial charge in [0, 0.05) is 26.4 Å². The molecule has 1 heterocycles. The third-order valence-electron chi connectivity index (χ3n) is 7.14. The second-order valence-corrected chi connectivity index (χ2v) is 18.5. The largest absolute Gasteiger partial charge is 0.496 e. The first-order chi connectivity index (χ1) is 15.9. The minimum absolute atomic E-state index is 0.0844. The Bertz CT molecular complexity index is 784. The second kappa shape index (κ2) is 12.7. The fraction of sp³-hybridized carbons (Fsp3) is 0.769. The van der Waals surface area contributed by atoms with Crippen molar-refractivity contribution < 1.29 is 23.4 Å². The highest BCUT2D eigenvalue weighted by Crippen LogP contribution is 2.50. The van der Waals surface area contributed by atoms with Crippen LogP contribution in [0.3, 0.4) is 0 Å². The van der Waals surface area contributed by atoms with Crippen molar-refractivity contribution in [2.45, 2.75) is 81.9 Å². The van der Waals surface area contributed by atoms with E-state index >= 15 is 0 Å². The smallest absolute Gasteiger partial charge is 0.191 e. The van der Waals surface area contributed by atoms with Crippen LogP contribution in [-0.4, -0.2) is 58.9 Å². The molecule has 0 atom stereocenters. The number of thioether (sulfide) groups is 2. The van der Waals surface area contributed by atoms with Crippen molar-refractivity contribution in [2.75, 3.05) is 46.6 Å². The molecular weight excluding hydrogens is 485 g/mol. The van der Waals surface area contributed by atoms with Gasteiger partial charge in [-0.25, -0.2) is 0 Å². The lowest BCUT2D eigenvalue weighted by Crippen LogP contribution is -2.41. The number of methoxy groups -OCH3 is 4. The van der Waals surface area contributed by atoms with Crippen molar-refractivity contribution >= 4 is 31.8 Å². The Morgan fingerprint density at radius 2 is 1.65 bits per heavy atom. The van der Waals surface area contributed by atoms with Gasteiger partial charge in [0.15, 0.2) is 14.6 Å². The predicted molar refractivity (Wildman–Crippen MR) is 149 cm³/mol. The van der Waals surface area contributed by atoms with Gasteiger partial charge in [-0.05, 0) is 73.9 Å². The zero-order valence-corrected chi connectivity index (χ0v) is 25.6. The zero-order chi connectivity index (χ0) is 25.6. The van der Waals surface area contributed by atoms with Gasteiger partial charge in [-0.15, -0.1) is 23.5 Å². The quantitative estimate of drug-likeness (QED) is 0.161. The molecule has 8 heteroatoms. The summed E-state index contributed by atoms with van der Waals surface area (Å²) in [7, 11) is 5.04. The van der Waals surface area contributed by atoms with Gasteiger partial charge < -0.3 is 23.4 Å². The van der Waals surface area contributed by atoms with Gasteiger partial charge >= 0.3 is 0 Å². The summed E-state index contributed by atoms with van der Waals surface area (Å²) in [6.07, 6.45) is 3.81. The first-order valence-electron chi connectivity index (χ1n) is 12.2. The van der Waals surface area contributed by atoms with Crippen LogP contribution >= 0.6 is 23.5 Å². The first-order valence-corrected chi connectivity index (χ1v) is 17.0. The third-order valence-corrected chi connectivity index (χ3v) is 15.1. The van der Waals surface area contributed by atoms with E-state index < -0.39 is 14.6 Å². The zero-order valence-electron chi connectivity index (χ0n) is 23.0. The van der Waals surface area contributed by atoms with Gasteiger partial charge in [0.1, 0.15) is 11.5 Å². The fourth-order valence-corrected chi connectivity index (χ4v) is 8.66. The van der Waals surface area contributed by atoms with Gasteiger partial charge in [0.05, 0.1) is 23.9 Å². The molecule has 34 heavy (non-hydrogen) atoms. The molecule has 5 nitrogen and oxygen atoms in total. The van der Waals surface area contributed by atoms with Gasteiger partial charge in [-0.3, -0.25) is 0 Å². The monoisotopic (exact) mass is 530 g/mol. The molecule has 0 aliphatic carbocycles. The first kappa shape index (κ1) is 29.8. The Labute approximate surface area is 217 Å². The van der Waals surface area contributed by atoms with E-state index in [1.54, 1.807) is 28.4 Å². The average Bonchev–Trinajstić information content (AvgIpc) is 2.79. The Morgan fingerprint density at radius 3 is 2.15 bits per heavy atom. The molecule has 1 aromatic carbocycles. The summed E-state index contributed by atoms with van der Waals surface area (Å²) >= 11 is 4.18. The van der Waals surface area contributed by atoms with Gasteiger partial charge in [0.25, 0.3) is 0 Å². The third kappa shape index (κ3) is 7.10. The molecule has 1 aliphatic heterocycles. The molecule has 2 rings (SSSR count). The summed E-state index contributed by atoms with van der Waals surface area (Å²) in [5.41, 5.74) is 3.10. The molecule has 0 aromatic heterocycles. The molecule has 0 N–H and O–H groups in total. The molecular formula is C26H46O5S2Si. The molecule has 1 aromatic rings. The normalized spacial score (nSPS) is 16.7. The van der Waals surface area contributed by atoms with Crippen LogP contribution in [0.1, 0.15) is 63.0 Å². The minimum Gasteiger partial charge on any atom is -0.496 e. The van der Waals surface area contributed by atoms with Crippen LogP contribution in [-0.2, 0) is 20.3 Å². The summed E-state index contributed by atoms with van der Waals surface area (Å²) < 4.78 is 29.6. The average molecular weight is 531 g/mol. The number of benzene rings is 1. The maximum absolute atomic E-state index is 6.51. The van der Waals surface area contributed by atoms with Crippen LogP contribution in [0.4, 0.5) is 0 Å². The highest BCUT2D eigenvalue weighted by Gasteiger charge is 2.39. The molecule has 1 fully saturated rings. The van der Waals surface area contributed by atoms with Crippen molar-refractivity contribution in [1.82, 2.24) is 0 Å². The summed E-state index contributed by atoms with van der Waals surface area (Å²) in [5.74, 6) is 3.99. The Morgan fingerprint density at radius 1 is 1.03 bits per heavy atom. The second-order valence-electron chi connectivity index (χ2n) is 10.5. The standard InChI is InChI=1S/C26H46O5S2Si/c1-19-21(27-5)17-20(22(23(19)28-6)24(29-7)30-8)18-26(32-15-12-16-33-26)13-11-14-31-34(9,10)25(2,3)4/h17,24H,11-16,18H2,1-10H3. The molecule has 1 saturated heterocycles. The lowest BCUT2D eigenvalue weighted by molar-refractivity contribution is -0.107. The maximum Gasteiger partial charge on any atom is 0.191 e. The van der Waals surface area contributed by atoms with E-state index in [9.17, 15) is 0 Å². The molecule has 196 valence electrons. The van der Waals surface area contributed by atoms with Crippen LogP contribution in [0.15, 0.2) is 6.07 Å². The predicted octanol–water partition coefficient (Wildman–Crippen LogP) is 7.21. The van der Waals surface area contributed by atoms with E-state index in [1.807, 2.05) is 6.92 Å². The fourth-order valence-electron chi connectivity index (χ4n) is 4.14. The molecule has 0 amide bonds. The van der Waals surface area contributed by atoms with Gasteiger partial charge in [-0.2, -0.15) is 0 Å². The molecule has 0 unspecified atom stereocenters. The Balaban J connectivity index is 2.35. The van der Waals surface area contributed by atoms with E-state index in [0.29, 0.717) is 0 Å². The molecule has 0 bridgehead atoms. The van der Waals surface area contributed by atoms with Gasteiger partial charge in [-0.1, -0.05) is 20.8 Å². The number of hydrogen-bond acceptors (Lipinski definition) is 7. The van der Waals surface area contributed by atoms with Crippen LogP contribution in [0.2, 0.25) is 18.1 Å². The summed E-state index contributed by atoms with van der Waals surface area (Å²) in [6, 6.07) is 2.15. The van der Waals surface area contributed by atoms with Crippen LogP contribution in [0, 0.1) is 6.92 Å². The highest BCUT2D eigenvalue weighted by atomic mass is 32.2. The minimum atomic E-state index is -1.73. The molecule has 0 saturated carbocycles. The topological polar surface area (TPSA) is 46.2 Å². The molecule has 1 aliphatic rings. The van der Waals surface area contributed by atoms with E-state index in [4.69, 9.17) is 23.4 Å². The Kier molecular flexibility index (Phi) is 11.2. The molecule has 0 radical (unpaired) electrons. The highest BCUT2D eigenvalue weighted by molar-refractivity contribution is 8.18. The summed E-state index contributed by atoms with van der Waals surface area (Å²) in [4.78, 5) is 0. The summed E-state index contributed by atoms with van der Waals surface area (Å²) in [5, 5.41) is 0.234. The number of ether oxygens (including phenoxy) is 4. The van der Waals surface area contributed by atoms with Crippen LogP contribution in [0.25, 0.3) is 0 Å². The van der Waals surface area contributed by atoms with Crippen molar-refractivity contribution in [1.29, 1.82) is 0 Å². The van der Waals surface area contributed by atoms with Crippen LogP contribution in [0.5, 0.6) is 11.5 Å². The number of rotatable bonds is 12. The lowest BCUT2D eigenvalue weighted by Gasteiger charge is -2.39. The van der Waals surface area contributed by atoms with Crippen molar-refractivity contribution in [3.05, 3.63) is 22.8 Å². The van der Waals surface area contributed by atoms with Crippen molar-refractivity contribution in [2.24, 2.45) is 0 Å². The molecule has 0 spiro atoms. The Hall–Kier alpha value is -0.383. The van der Waals surface area contributed by atoms with Crippen molar-refractivity contribution in [3.63, 3.8) is 0 Å². The maximum atomic E-state index is 6.51. The van der Waals surface area contributed by atoms with Crippen LogP contribution < -0.4 is 9.47 Å². The lowest BCUT2D eigenvalue weighted by atomic mass is 9.95. The SMILES string of the molecule is COc1cc(CC2(CCCO[Si](C)(C)C(C)(C)C)SCCCS2)c(C(OC)OC)c(OC)c1C. The van der Waals surface area contributed by atoms with E-state index in [0.717, 1.165) is 48.5 Å². The van der Waals surface area contributed by atoms with E-state index in [2.05, 4.69) is 63.5 Å². The summed E-state index contributed by atoms with van der Waals surface area (Å²) in [6.45, 7) is 14.4. The number of hydrogen-bond donors (Lipinski definition) is 0. The van der Waals surface area contributed by atoms with E-state index in [-0.39, 0.29) is 9.12 Å². The van der Waals surface area contributed by atoms with E-state index in [1.165, 1.54) is 23.5 Å². The van der Waals surface area contributed by atoms with Crippen molar-refractivity contribution in [3.8, 4) is 11.5 Å². The van der Waals surface area contributed by atoms with Gasteiger partial charge in [0.2, 0.25) is 0 Å².